The first kappa shape index (κ1) is 51.7. The van der Waals surface area contributed by atoms with E-state index in [-0.39, 0.29) is 48.7 Å². The minimum Gasteiger partial charge on any atom is -0.464 e. The van der Waals surface area contributed by atoms with Crippen molar-refractivity contribution in [3.63, 3.8) is 0 Å². The maximum atomic E-state index is 12.9. The maximum Gasteiger partial charge on any atom is 0.333 e. The van der Waals surface area contributed by atoms with Crippen LogP contribution in [0.2, 0.25) is 0 Å². The summed E-state index contributed by atoms with van der Waals surface area (Å²) in [6, 6.07) is 0. The van der Waals surface area contributed by atoms with Gasteiger partial charge in [0, 0.05) is 22.3 Å². The van der Waals surface area contributed by atoms with Crippen LogP contribution in [0.15, 0.2) is 48.6 Å². The molecule has 0 unspecified atom stereocenters. The van der Waals surface area contributed by atoms with E-state index in [2.05, 4.69) is 26.3 Å². The van der Waals surface area contributed by atoms with Crippen LogP contribution in [0.4, 0.5) is 0 Å². The lowest BCUT2D eigenvalue weighted by Gasteiger charge is -2.31. The van der Waals surface area contributed by atoms with Gasteiger partial charge in [0.1, 0.15) is 31.8 Å². The molecule has 0 fully saturated rings. The van der Waals surface area contributed by atoms with Gasteiger partial charge < -0.3 is 37.9 Å². The van der Waals surface area contributed by atoms with Crippen LogP contribution in [0.1, 0.15) is 105 Å². The standard InChI is InChI=1S/C41H60O16/c1-9-13-17-50-37(46)29(5)21-33(42)54-25-41(26-55-34(43)22-30(6)38(47)51-18-14-10-2,27-56-35(44)23-31(7)39(48)52-19-15-11-3)28-57-36(45)24-32(8)40(49)53-20-16-12-4/h5-28H2,1-4H3. The molecule has 0 atom stereocenters. The van der Waals surface area contributed by atoms with E-state index < -0.39 is 105 Å². The summed E-state index contributed by atoms with van der Waals surface area (Å²) >= 11 is 0. The Bertz CT molecular complexity index is 1210. The SMILES string of the molecule is C=C(CC(=O)OCC(COC(=O)CC(=C)C(=O)OCCCC)(COC(=O)CC(=C)C(=O)OCCCC)COC(=O)CC(=C)C(=O)OCCCC)C(=O)OCCCC. The van der Waals surface area contributed by atoms with Gasteiger partial charge in [0.05, 0.1) is 52.1 Å². The van der Waals surface area contributed by atoms with Gasteiger partial charge in [-0.25, -0.2) is 19.2 Å². The number of carbonyl (C=O) groups is 8. The normalized spacial score (nSPS) is 10.6. The molecular formula is C41H60O16. The number of ether oxygens (including phenoxy) is 8. The van der Waals surface area contributed by atoms with E-state index in [4.69, 9.17) is 37.9 Å². The summed E-state index contributed by atoms with van der Waals surface area (Å²) in [5.41, 5.74) is -2.71. The van der Waals surface area contributed by atoms with Crippen LogP contribution in [0, 0.1) is 5.41 Å². The number of esters is 8. The van der Waals surface area contributed by atoms with Gasteiger partial charge in [-0.3, -0.25) is 19.2 Å². The molecule has 0 rings (SSSR count). The van der Waals surface area contributed by atoms with Gasteiger partial charge >= 0.3 is 47.8 Å². The zero-order valence-electron chi connectivity index (χ0n) is 34.0. The van der Waals surface area contributed by atoms with Crippen LogP contribution < -0.4 is 0 Å². The molecule has 0 amide bonds. The summed E-state index contributed by atoms with van der Waals surface area (Å²) in [7, 11) is 0. The minimum absolute atomic E-state index is 0.114. The predicted molar refractivity (Wildman–Crippen MR) is 205 cm³/mol. The molecule has 0 aromatic carbocycles. The largest absolute Gasteiger partial charge is 0.464 e. The van der Waals surface area contributed by atoms with E-state index in [1.165, 1.54) is 0 Å². The second-order valence-electron chi connectivity index (χ2n) is 13.2. The molecule has 320 valence electrons. The molecule has 0 aromatic rings. The summed E-state index contributed by atoms with van der Waals surface area (Å²) < 4.78 is 42.0. The third-order valence-electron chi connectivity index (χ3n) is 7.67. The van der Waals surface area contributed by atoms with Gasteiger partial charge in [-0.1, -0.05) is 79.7 Å². The average molecular weight is 809 g/mol. The molecule has 0 bridgehead atoms. The summed E-state index contributed by atoms with van der Waals surface area (Å²) in [6.07, 6.45) is 2.97. The quantitative estimate of drug-likeness (QED) is 0.0365. The fraction of sp³-hybridized carbons (Fsp3) is 0.610. The first-order valence-corrected chi connectivity index (χ1v) is 19.1. The summed E-state index contributed by atoms with van der Waals surface area (Å²) in [6.45, 7) is 19.4. The van der Waals surface area contributed by atoms with Crippen molar-refractivity contribution in [1.29, 1.82) is 0 Å². The molecule has 16 heteroatoms. The maximum absolute atomic E-state index is 12.9. The second kappa shape index (κ2) is 29.9. The van der Waals surface area contributed by atoms with Gasteiger partial charge in [0.2, 0.25) is 0 Å². The molecular weight excluding hydrogens is 748 g/mol. The van der Waals surface area contributed by atoms with E-state index in [1.54, 1.807) is 0 Å². The Morgan fingerprint density at radius 3 is 0.719 bits per heavy atom. The zero-order chi connectivity index (χ0) is 43.2. The summed E-state index contributed by atoms with van der Waals surface area (Å²) in [5.74, 6) is -7.24. The highest BCUT2D eigenvalue weighted by atomic mass is 16.6. The Kier molecular flexibility index (Phi) is 27.2. The van der Waals surface area contributed by atoms with Gasteiger partial charge in [-0.15, -0.1) is 0 Å². The Balaban J connectivity index is 6.32. The number of carbonyl (C=O) groups excluding carboxylic acids is 8. The molecule has 0 aliphatic carbocycles. The third kappa shape index (κ3) is 24.1. The number of unbranched alkanes of at least 4 members (excludes halogenated alkanes) is 4. The first-order chi connectivity index (χ1) is 27.0. The fourth-order valence-corrected chi connectivity index (χ4v) is 4.02. The summed E-state index contributed by atoms with van der Waals surface area (Å²) in [5, 5.41) is 0. The van der Waals surface area contributed by atoms with Crippen LogP contribution in [0.3, 0.4) is 0 Å². The molecule has 0 aliphatic rings. The number of rotatable bonds is 32. The number of hydrogen-bond acceptors (Lipinski definition) is 16. The van der Waals surface area contributed by atoms with Gasteiger partial charge in [0.15, 0.2) is 0 Å². The van der Waals surface area contributed by atoms with Crippen molar-refractivity contribution >= 4 is 47.8 Å². The van der Waals surface area contributed by atoms with Crippen molar-refractivity contribution in [2.75, 3.05) is 52.9 Å². The average Bonchev–Trinajstić information content (AvgIpc) is 3.17. The third-order valence-corrected chi connectivity index (χ3v) is 7.67. The molecule has 16 nitrogen and oxygen atoms in total. The highest BCUT2D eigenvalue weighted by molar-refractivity contribution is 5.95. The molecule has 0 N–H and O–H groups in total. The predicted octanol–water partition coefficient (Wildman–Crippen LogP) is 5.30. The first-order valence-electron chi connectivity index (χ1n) is 19.1. The van der Waals surface area contributed by atoms with Crippen molar-refractivity contribution in [2.24, 2.45) is 5.41 Å². The molecule has 0 aliphatic heterocycles. The van der Waals surface area contributed by atoms with Crippen molar-refractivity contribution in [2.45, 2.75) is 105 Å². The van der Waals surface area contributed by atoms with Crippen LogP contribution in [-0.2, 0) is 76.3 Å². The fourth-order valence-electron chi connectivity index (χ4n) is 4.02. The molecule has 0 aromatic heterocycles. The van der Waals surface area contributed by atoms with Crippen molar-refractivity contribution in [1.82, 2.24) is 0 Å². The molecule has 0 saturated carbocycles. The lowest BCUT2D eigenvalue weighted by molar-refractivity contribution is -0.171. The van der Waals surface area contributed by atoms with Crippen LogP contribution in [0.25, 0.3) is 0 Å². The highest BCUT2D eigenvalue weighted by Crippen LogP contribution is 2.24. The Morgan fingerprint density at radius 1 is 0.351 bits per heavy atom. The van der Waals surface area contributed by atoms with Crippen molar-refractivity contribution in [3.8, 4) is 0 Å². The van der Waals surface area contributed by atoms with Crippen molar-refractivity contribution < 1.29 is 76.3 Å². The van der Waals surface area contributed by atoms with Gasteiger partial charge in [0.25, 0.3) is 0 Å². The van der Waals surface area contributed by atoms with E-state index in [0.29, 0.717) is 25.7 Å². The number of hydrogen-bond donors (Lipinski definition) is 0. The summed E-state index contributed by atoms with van der Waals surface area (Å²) in [4.78, 5) is 101. The molecule has 0 radical (unpaired) electrons. The van der Waals surface area contributed by atoms with Crippen LogP contribution in [-0.4, -0.2) is 101 Å². The Labute approximate surface area is 335 Å². The van der Waals surface area contributed by atoms with E-state index in [0.717, 1.165) is 25.7 Å². The molecule has 0 heterocycles. The highest BCUT2D eigenvalue weighted by Gasteiger charge is 2.39. The van der Waals surface area contributed by atoms with Gasteiger partial charge in [-0.2, -0.15) is 0 Å². The van der Waals surface area contributed by atoms with E-state index in [1.807, 2.05) is 27.7 Å². The van der Waals surface area contributed by atoms with Crippen molar-refractivity contribution in [3.05, 3.63) is 48.6 Å². The molecule has 0 saturated heterocycles. The Hall–Kier alpha value is -5.28. The lowest BCUT2D eigenvalue weighted by atomic mass is 9.92. The smallest absolute Gasteiger partial charge is 0.333 e. The van der Waals surface area contributed by atoms with E-state index in [9.17, 15) is 38.4 Å². The molecule has 57 heavy (non-hydrogen) atoms. The van der Waals surface area contributed by atoms with Crippen LogP contribution in [0.5, 0.6) is 0 Å². The zero-order valence-corrected chi connectivity index (χ0v) is 34.0. The Morgan fingerprint density at radius 2 is 0.544 bits per heavy atom. The minimum atomic E-state index is -1.84. The topological polar surface area (TPSA) is 210 Å². The molecule has 0 spiro atoms. The second-order valence-corrected chi connectivity index (χ2v) is 13.2. The van der Waals surface area contributed by atoms with E-state index >= 15 is 0 Å². The van der Waals surface area contributed by atoms with Crippen LogP contribution >= 0.6 is 0 Å². The van der Waals surface area contributed by atoms with Gasteiger partial charge in [-0.05, 0) is 25.7 Å². The lowest BCUT2D eigenvalue weighted by Crippen LogP contribution is -2.44. The monoisotopic (exact) mass is 808 g/mol.